The zero-order chi connectivity index (χ0) is 17.4. The lowest BCUT2D eigenvalue weighted by atomic mass is 10.1. The number of anilines is 1. The molecule has 2 aromatic carbocycles. The van der Waals surface area contributed by atoms with Gasteiger partial charge in [-0.15, -0.1) is 0 Å². The normalized spacial score (nSPS) is 11.5. The quantitative estimate of drug-likeness (QED) is 0.722. The van der Waals surface area contributed by atoms with Gasteiger partial charge in [0.05, 0.1) is 19.3 Å². The molecular weight excluding hydrogens is 320 g/mol. The molecule has 0 saturated carbocycles. The van der Waals surface area contributed by atoms with Gasteiger partial charge < -0.3 is 20.1 Å². The van der Waals surface area contributed by atoms with E-state index in [2.05, 4.69) is 17.6 Å². The fraction of sp³-hybridized carbons (Fsp3) is 0.316. The van der Waals surface area contributed by atoms with Crippen LogP contribution in [-0.2, 0) is 0 Å². The molecular formula is C19H24N2O2S. The van der Waals surface area contributed by atoms with Crippen LogP contribution in [0.2, 0.25) is 0 Å². The van der Waals surface area contributed by atoms with Gasteiger partial charge in [0, 0.05) is 5.69 Å². The van der Waals surface area contributed by atoms with Gasteiger partial charge in [0.15, 0.2) is 5.11 Å². The average Bonchev–Trinajstić information content (AvgIpc) is 2.58. The van der Waals surface area contributed by atoms with Crippen LogP contribution in [0.15, 0.2) is 48.5 Å². The molecule has 0 aromatic heterocycles. The summed E-state index contributed by atoms with van der Waals surface area (Å²) in [6.45, 7) is 7.34. The zero-order valence-electron chi connectivity index (χ0n) is 14.3. The smallest absolute Gasteiger partial charge is 0.171 e. The Morgan fingerprint density at radius 1 is 0.917 bits per heavy atom. The summed E-state index contributed by atoms with van der Waals surface area (Å²) in [5.74, 6) is 1.73. The second-order valence-corrected chi connectivity index (χ2v) is 5.69. The fourth-order valence-corrected chi connectivity index (χ4v) is 2.56. The Hall–Kier alpha value is -2.27. The summed E-state index contributed by atoms with van der Waals surface area (Å²) < 4.78 is 10.9. The average molecular weight is 344 g/mol. The summed E-state index contributed by atoms with van der Waals surface area (Å²) in [4.78, 5) is 0. The molecule has 0 heterocycles. The van der Waals surface area contributed by atoms with Crippen LogP contribution in [0.1, 0.15) is 32.4 Å². The first kappa shape index (κ1) is 18.1. The van der Waals surface area contributed by atoms with Crippen molar-refractivity contribution in [3.63, 3.8) is 0 Å². The lowest BCUT2D eigenvalue weighted by Crippen LogP contribution is -2.30. The highest BCUT2D eigenvalue weighted by Gasteiger charge is 2.07. The number of hydrogen-bond donors (Lipinski definition) is 2. The molecule has 0 aliphatic rings. The third kappa shape index (κ3) is 5.42. The Morgan fingerprint density at radius 2 is 1.42 bits per heavy atom. The van der Waals surface area contributed by atoms with Gasteiger partial charge in [0.25, 0.3) is 0 Å². The van der Waals surface area contributed by atoms with Crippen LogP contribution in [0.5, 0.6) is 11.5 Å². The first-order valence-corrected chi connectivity index (χ1v) is 8.56. The molecule has 0 amide bonds. The van der Waals surface area contributed by atoms with Gasteiger partial charge in [-0.25, -0.2) is 0 Å². The number of benzene rings is 2. The SMILES string of the molecule is CCOc1ccc(NC(=S)NC(C)c2ccc(OCC)cc2)cc1. The summed E-state index contributed by atoms with van der Waals surface area (Å²) >= 11 is 5.39. The predicted octanol–water partition coefficient (Wildman–Crippen LogP) is 4.53. The van der Waals surface area contributed by atoms with E-state index in [1.54, 1.807) is 0 Å². The minimum absolute atomic E-state index is 0.100. The molecule has 1 atom stereocenters. The van der Waals surface area contributed by atoms with Crippen molar-refractivity contribution in [2.45, 2.75) is 26.8 Å². The number of nitrogens with one attached hydrogen (secondary N) is 2. The van der Waals surface area contributed by atoms with Crippen LogP contribution >= 0.6 is 12.2 Å². The van der Waals surface area contributed by atoms with Crippen molar-refractivity contribution in [1.82, 2.24) is 5.32 Å². The number of rotatable bonds is 7. The second kappa shape index (κ2) is 9.13. The Bertz CT molecular complexity index is 641. The Labute approximate surface area is 149 Å². The summed E-state index contributed by atoms with van der Waals surface area (Å²) in [5.41, 5.74) is 2.07. The van der Waals surface area contributed by atoms with Crippen molar-refractivity contribution in [2.24, 2.45) is 0 Å². The third-order valence-corrected chi connectivity index (χ3v) is 3.68. The number of ether oxygens (including phenoxy) is 2. The van der Waals surface area contributed by atoms with Crippen LogP contribution in [0, 0.1) is 0 Å². The van der Waals surface area contributed by atoms with Gasteiger partial charge in [-0.3, -0.25) is 0 Å². The van der Waals surface area contributed by atoms with Crippen LogP contribution in [0.25, 0.3) is 0 Å². The maximum atomic E-state index is 5.46. The van der Waals surface area contributed by atoms with Crippen molar-refractivity contribution in [3.05, 3.63) is 54.1 Å². The molecule has 2 rings (SSSR count). The van der Waals surface area contributed by atoms with Gasteiger partial charge >= 0.3 is 0 Å². The molecule has 1 unspecified atom stereocenters. The summed E-state index contributed by atoms with van der Waals surface area (Å²) in [7, 11) is 0. The second-order valence-electron chi connectivity index (χ2n) is 5.28. The van der Waals surface area contributed by atoms with Gasteiger partial charge in [0.2, 0.25) is 0 Å². The minimum Gasteiger partial charge on any atom is -0.494 e. The van der Waals surface area contributed by atoms with Gasteiger partial charge in [-0.05, 0) is 75.0 Å². The number of thiocarbonyl (C=S) groups is 1. The van der Waals surface area contributed by atoms with E-state index in [1.807, 2.05) is 62.4 Å². The van der Waals surface area contributed by atoms with E-state index in [0.29, 0.717) is 18.3 Å². The van der Waals surface area contributed by atoms with E-state index in [-0.39, 0.29) is 6.04 Å². The topological polar surface area (TPSA) is 42.5 Å². The lowest BCUT2D eigenvalue weighted by Gasteiger charge is -2.18. The summed E-state index contributed by atoms with van der Waals surface area (Å²) in [6.07, 6.45) is 0. The molecule has 4 nitrogen and oxygen atoms in total. The van der Waals surface area contributed by atoms with Crippen molar-refractivity contribution in [2.75, 3.05) is 18.5 Å². The molecule has 5 heteroatoms. The Balaban J connectivity index is 1.88. The molecule has 24 heavy (non-hydrogen) atoms. The van der Waals surface area contributed by atoms with E-state index < -0.39 is 0 Å². The Kier molecular flexibility index (Phi) is 6.88. The summed E-state index contributed by atoms with van der Waals surface area (Å²) in [6, 6.07) is 15.9. The monoisotopic (exact) mass is 344 g/mol. The van der Waals surface area contributed by atoms with Gasteiger partial charge in [-0.1, -0.05) is 12.1 Å². The van der Waals surface area contributed by atoms with Crippen molar-refractivity contribution in [1.29, 1.82) is 0 Å². The maximum absolute atomic E-state index is 5.46. The lowest BCUT2D eigenvalue weighted by molar-refractivity contribution is 0.340. The van der Waals surface area contributed by atoms with Crippen LogP contribution in [0.4, 0.5) is 5.69 Å². The van der Waals surface area contributed by atoms with Crippen LogP contribution in [-0.4, -0.2) is 18.3 Å². The molecule has 0 bridgehead atoms. The zero-order valence-corrected chi connectivity index (χ0v) is 15.2. The molecule has 0 fully saturated rings. The van der Waals surface area contributed by atoms with E-state index in [4.69, 9.17) is 21.7 Å². The first-order valence-electron chi connectivity index (χ1n) is 8.15. The van der Waals surface area contributed by atoms with Crippen molar-refractivity contribution >= 4 is 23.0 Å². The molecule has 0 aliphatic carbocycles. The predicted molar refractivity (Wildman–Crippen MR) is 103 cm³/mol. The van der Waals surface area contributed by atoms with E-state index in [9.17, 15) is 0 Å². The van der Waals surface area contributed by atoms with Crippen molar-refractivity contribution in [3.8, 4) is 11.5 Å². The van der Waals surface area contributed by atoms with Crippen molar-refractivity contribution < 1.29 is 9.47 Å². The van der Waals surface area contributed by atoms with Crippen LogP contribution < -0.4 is 20.1 Å². The highest BCUT2D eigenvalue weighted by Crippen LogP contribution is 2.19. The van der Waals surface area contributed by atoms with E-state index in [0.717, 1.165) is 22.7 Å². The highest BCUT2D eigenvalue weighted by atomic mass is 32.1. The largest absolute Gasteiger partial charge is 0.494 e. The molecule has 0 aliphatic heterocycles. The van der Waals surface area contributed by atoms with E-state index >= 15 is 0 Å². The minimum atomic E-state index is 0.100. The molecule has 0 saturated heterocycles. The summed E-state index contributed by atoms with van der Waals surface area (Å²) in [5, 5.41) is 7.05. The Morgan fingerprint density at radius 3 is 1.92 bits per heavy atom. The standard InChI is InChI=1S/C19H24N2O2S/c1-4-22-17-10-6-15(7-11-17)14(3)20-19(24)21-16-8-12-18(13-9-16)23-5-2/h6-14H,4-5H2,1-3H3,(H2,20,21,24). The molecule has 128 valence electrons. The first-order chi connectivity index (χ1) is 11.6. The van der Waals surface area contributed by atoms with Gasteiger partial charge in [0.1, 0.15) is 11.5 Å². The highest BCUT2D eigenvalue weighted by molar-refractivity contribution is 7.80. The maximum Gasteiger partial charge on any atom is 0.171 e. The third-order valence-electron chi connectivity index (χ3n) is 3.46. The molecule has 0 spiro atoms. The van der Waals surface area contributed by atoms with Gasteiger partial charge in [-0.2, -0.15) is 0 Å². The number of hydrogen-bond acceptors (Lipinski definition) is 3. The van der Waals surface area contributed by atoms with Crippen LogP contribution in [0.3, 0.4) is 0 Å². The van der Waals surface area contributed by atoms with E-state index in [1.165, 1.54) is 0 Å². The fourth-order valence-electron chi connectivity index (χ4n) is 2.27. The molecule has 0 radical (unpaired) electrons. The molecule has 2 aromatic rings. The molecule has 2 N–H and O–H groups in total.